The van der Waals surface area contributed by atoms with Crippen molar-refractivity contribution in [3.05, 3.63) is 0 Å². The number of carbonyl (C=O) groups is 1. The van der Waals surface area contributed by atoms with Gasteiger partial charge in [0.1, 0.15) is 0 Å². The van der Waals surface area contributed by atoms with Crippen molar-refractivity contribution in [3.8, 4) is 0 Å². The first kappa shape index (κ1) is 13.5. The summed E-state index contributed by atoms with van der Waals surface area (Å²) in [6.45, 7) is 8.14. The molecule has 16 heavy (non-hydrogen) atoms. The summed E-state index contributed by atoms with van der Waals surface area (Å²) < 4.78 is 5.32. The fourth-order valence-electron chi connectivity index (χ4n) is 1.93. The molecule has 0 radical (unpaired) electrons. The molecular weight excluding hydrogens is 204 g/mol. The van der Waals surface area contributed by atoms with E-state index in [2.05, 4.69) is 24.5 Å². The quantitative estimate of drug-likeness (QED) is 0.714. The van der Waals surface area contributed by atoms with E-state index >= 15 is 0 Å². The lowest BCUT2D eigenvalue weighted by Crippen LogP contribution is -2.48. The Morgan fingerprint density at radius 3 is 2.88 bits per heavy atom. The van der Waals surface area contributed by atoms with Gasteiger partial charge in [-0.2, -0.15) is 0 Å². The number of ether oxygens (including phenoxy) is 1. The molecule has 1 fully saturated rings. The second kappa shape index (κ2) is 6.21. The van der Waals surface area contributed by atoms with Crippen LogP contribution in [0.25, 0.3) is 0 Å². The Labute approximate surface area is 98.1 Å². The van der Waals surface area contributed by atoms with Gasteiger partial charge in [0.25, 0.3) is 0 Å². The molecule has 0 aromatic rings. The van der Waals surface area contributed by atoms with E-state index < -0.39 is 0 Å². The molecule has 0 aromatic heterocycles. The average molecular weight is 228 g/mol. The predicted molar refractivity (Wildman–Crippen MR) is 64.4 cm³/mol. The van der Waals surface area contributed by atoms with Crippen molar-refractivity contribution in [2.45, 2.75) is 51.6 Å². The Kier molecular flexibility index (Phi) is 5.22. The van der Waals surface area contributed by atoms with E-state index in [0.29, 0.717) is 13.2 Å². The summed E-state index contributed by atoms with van der Waals surface area (Å²) in [6, 6.07) is 0.270. The van der Waals surface area contributed by atoms with Crippen LogP contribution in [0.4, 0.5) is 0 Å². The second-order valence-electron chi connectivity index (χ2n) is 4.97. The summed E-state index contributed by atoms with van der Waals surface area (Å²) in [5.41, 5.74) is -0.0225. The fraction of sp³-hybridized carbons (Fsp3) is 0.917. The summed E-state index contributed by atoms with van der Waals surface area (Å²) in [4.78, 5) is 11.6. The second-order valence-corrected chi connectivity index (χ2v) is 4.97. The van der Waals surface area contributed by atoms with Crippen LogP contribution < -0.4 is 10.6 Å². The Bertz CT molecular complexity index is 225. The van der Waals surface area contributed by atoms with Crippen LogP contribution in [0, 0.1) is 0 Å². The van der Waals surface area contributed by atoms with Crippen LogP contribution in [0.2, 0.25) is 0 Å². The standard InChI is InChI=1S/C12H24N2O2/c1-4-5-10(2)14-11(15)8-13-12(3)6-7-16-9-12/h10,13H,4-9H2,1-3H3,(H,14,15). The first-order valence-electron chi connectivity index (χ1n) is 6.18. The number of rotatable bonds is 6. The first-order chi connectivity index (χ1) is 7.56. The largest absolute Gasteiger partial charge is 0.379 e. The van der Waals surface area contributed by atoms with Crippen LogP contribution in [0.3, 0.4) is 0 Å². The fourth-order valence-corrected chi connectivity index (χ4v) is 1.93. The molecule has 1 rings (SSSR count). The molecule has 1 aliphatic heterocycles. The zero-order valence-corrected chi connectivity index (χ0v) is 10.6. The van der Waals surface area contributed by atoms with Gasteiger partial charge in [-0.05, 0) is 26.7 Å². The van der Waals surface area contributed by atoms with Gasteiger partial charge in [-0.1, -0.05) is 13.3 Å². The summed E-state index contributed by atoms with van der Waals surface area (Å²) in [5.74, 6) is 0.0778. The molecule has 94 valence electrons. The summed E-state index contributed by atoms with van der Waals surface area (Å²) in [7, 11) is 0. The van der Waals surface area contributed by atoms with E-state index in [-0.39, 0.29) is 17.5 Å². The zero-order valence-electron chi connectivity index (χ0n) is 10.6. The topological polar surface area (TPSA) is 50.4 Å². The van der Waals surface area contributed by atoms with Crippen LogP contribution in [0.1, 0.15) is 40.0 Å². The molecule has 0 aromatic carbocycles. The van der Waals surface area contributed by atoms with E-state index in [1.54, 1.807) is 0 Å². The van der Waals surface area contributed by atoms with Crippen molar-refractivity contribution in [2.75, 3.05) is 19.8 Å². The molecule has 0 aliphatic carbocycles. The Morgan fingerprint density at radius 1 is 1.56 bits per heavy atom. The molecule has 1 heterocycles. The maximum absolute atomic E-state index is 11.6. The van der Waals surface area contributed by atoms with Gasteiger partial charge in [-0.3, -0.25) is 4.79 Å². The number of amides is 1. The van der Waals surface area contributed by atoms with Gasteiger partial charge in [0.05, 0.1) is 13.2 Å². The summed E-state index contributed by atoms with van der Waals surface area (Å²) >= 11 is 0. The molecule has 0 bridgehead atoms. The maximum atomic E-state index is 11.6. The van der Waals surface area contributed by atoms with E-state index in [0.717, 1.165) is 25.9 Å². The van der Waals surface area contributed by atoms with Crippen LogP contribution in [0.15, 0.2) is 0 Å². The van der Waals surface area contributed by atoms with Crippen molar-refractivity contribution in [2.24, 2.45) is 0 Å². The van der Waals surface area contributed by atoms with E-state index in [4.69, 9.17) is 4.74 Å². The third-order valence-electron chi connectivity index (χ3n) is 3.02. The van der Waals surface area contributed by atoms with Gasteiger partial charge in [-0.15, -0.1) is 0 Å². The molecule has 1 saturated heterocycles. The van der Waals surface area contributed by atoms with E-state index in [1.165, 1.54) is 0 Å². The van der Waals surface area contributed by atoms with Gasteiger partial charge in [-0.25, -0.2) is 0 Å². The minimum atomic E-state index is -0.0225. The van der Waals surface area contributed by atoms with Gasteiger partial charge < -0.3 is 15.4 Å². The first-order valence-corrected chi connectivity index (χ1v) is 6.18. The number of hydrogen-bond donors (Lipinski definition) is 2. The highest BCUT2D eigenvalue weighted by Crippen LogP contribution is 2.16. The van der Waals surface area contributed by atoms with Gasteiger partial charge in [0.15, 0.2) is 0 Å². The predicted octanol–water partition coefficient (Wildman–Crippen LogP) is 1.06. The molecule has 2 N–H and O–H groups in total. The molecule has 0 saturated carbocycles. The Morgan fingerprint density at radius 2 is 2.31 bits per heavy atom. The van der Waals surface area contributed by atoms with Crippen LogP contribution in [0.5, 0.6) is 0 Å². The van der Waals surface area contributed by atoms with Gasteiger partial charge in [0.2, 0.25) is 5.91 Å². The third kappa shape index (κ3) is 4.49. The van der Waals surface area contributed by atoms with Gasteiger partial charge >= 0.3 is 0 Å². The number of nitrogens with one attached hydrogen (secondary N) is 2. The lowest BCUT2D eigenvalue weighted by Gasteiger charge is -2.23. The highest BCUT2D eigenvalue weighted by molar-refractivity contribution is 5.78. The highest BCUT2D eigenvalue weighted by Gasteiger charge is 2.29. The minimum Gasteiger partial charge on any atom is -0.379 e. The highest BCUT2D eigenvalue weighted by atomic mass is 16.5. The van der Waals surface area contributed by atoms with Crippen molar-refractivity contribution in [3.63, 3.8) is 0 Å². The molecular formula is C12H24N2O2. The average Bonchev–Trinajstić information content (AvgIpc) is 2.63. The monoisotopic (exact) mass is 228 g/mol. The molecule has 2 unspecified atom stereocenters. The summed E-state index contributed by atoms with van der Waals surface area (Å²) in [6.07, 6.45) is 3.11. The summed E-state index contributed by atoms with van der Waals surface area (Å²) in [5, 5.41) is 6.25. The zero-order chi connectivity index (χ0) is 12.0. The smallest absolute Gasteiger partial charge is 0.234 e. The number of hydrogen-bond acceptors (Lipinski definition) is 3. The number of carbonyl (C=O) groups excluding carboxylic acids is 1. The van der Waals surface area contributed by atoms with Crippen LogP contribution in [-0.4, -0.2) is 37.2 Å². The maximum Gasteiger partial charge on any atom is 0.234 e. The SMILES string of the molecule is CCCC(C)NC(=O)CNC1(C)CCOC1. The van der Waals surface area contributed by atoms with E-state index in [1.807, 2.05) is 6.92 Å². The lowest BCUT2D eigenvalue weighted by atomic mass is 10.0. The van der Waals surface area contributed by atoms with Gasteiger partial charge in [0, 0.05) is 18.2 Å². The van der Waals surface area contributed by atoms with E-state index in [9.17, 15) is 4.79 Å². The molecule has 4 heteroatoms. The lowest BCUT2D eigenvalue weighted by molar-refractivity contribution is -0.121. The van der Waals surface area contributed by atoms with Crippen LogP contribution >= 0.6 is 0 Å². The van der Waals surface area contributed by atoms with Crippen molar-refractivity contribution in [1.29, 1.82) is 0 Å². The minimum absolute atomic E-state index is 0.0225. The molecule has 1 amide bonds. The molecule has 4 nitrogen and oxygen atoms in total. The molecule has 0 spiro atoms. The molecule has 1 aliphatic rings. The third-order valence-corrected chi connectivity index (χ3v) is 3.02. The van der Waals surface area contributed by atoms with Crippen molar-refractivity contribution >= 4 is 5.91 Å². The van der Waals surface area contributed by atoms with Crippen LogP contribution in [-0.2, 0) is 9.53 Å². The van der Waals surface area contributed by atoms with Crippen molar-refractivity contribution in [1.82, 2.24) is 10.6 Å². The van der Waals surface area contributed by atoms with Crippen molar-refractivity contribution < 1.29 is 9.53 Å². The molecule has 2 atom stereocenters. The Balaban J connectivity index is 2.19. The normalized spacial score (nSPS) is 26.7. The Hall–Kier alpha value is -0.610.